The maximum atomic E-state index is 10.7. The first-order valence-electron chi connectivity index (χ1n) is 3.08. The Bertz CT molecular complexity index is 217. The van der Waals surface area contributed by atoms with Crippen LogP contribution in [0.4, 0.5) is 0 Å². The van der Waals surface area contributed by atoms with Crippen LogP contribution in [0.3, 0.4) is 0 Å². The lowest BCUT2D eigenvalue weighted by molar-refractivity contribution is -0.108. The second-order valence-electron chi connectivity index (χ2n) is 2.46. The number of amides is 1. The summed E-state index contributed by atoms with van der Waals surface area (Å²) in [7, 11) is -3.29. The van der Waals surface area contributed by atoms with Crippen molar-refractivity contribution >= 4 is 16.4 Å². The van der Waals surface area contributed by atoms with Crippen molar-refractivity contribution in [3.05, 3.63) is 0 Å². The number of sulfonamides is 1. The quantitative estimate of drug-likeness (QED) is 0.567. The second-order valence-corrected chi connectivity index (χ2v) is 4.26. The fourth-order valence-electron chi connectivity index (χ4n) is 0.716. The molecule has 1 saturated carbocycles. The Morgan fingerprint density at radius 3 is 2.50 bits per heavy atom. The predicted octanol–water partition coefficient (Wildman–Crippen LogP) is -0.528. The lowest BCUT2D eigenvalue weighted by Crippen LogP contribution is -2.25. The van der Waals surface area contributed by atoms with Crippen molar-refractivity contribution in [2.75, 3.05) is 5.75 Å². The number of carbonyl (C=O) groups is 1. The van der Waals surface area contributed by atoms with Crippen LogP contribution in [-0.2, 0) is 14.8 Å². The van der Waals surface area contributed by atoms with E-state index < -0.39 is 10.0 Å². The van der Waals surface area contributed by atoms with E-state index in [1.54, 1.807) is 4.72 Å². The summed E-state index contributed by atoms with van der Waals surface area (Å²) in [6.45, 7) is 0. The van der Waals surface area contributed by atoms with Gasteiger partial charge in [0, 0.05) is 0 Å². The van der Waals surface area contributed by atoms with Gasteiger partial charge in [-0.25, -0.2) is 8.42 Å². The molecule has 0 aromatic rings. The highest BCUT2D eigenvalue weighted by atomic mass is 32.2. The fourth-order valence-corrected chi connectivity index (χ4v) is 1.91. The Morgan fingerprint density at radius 1 is 1.50 bits per heavy atom. The summed E-state index contributed by atoms with van der Waals surface area (Å²) in [5, 5.41) is 0. The number of hydrogen-bond donors (Lipinski definition) is 1. The smallest absolute Gasteiger partial charge is 0.234 e. The van der Waals surface area contributed by atoms with Crippen LogP contribution >= 0.6 is 0 Å². The number of nitrogens with one attached hydrogen (secondary N) is 1. The SMILES string of the molecule is O=CNS(=O)(=O)CC1CC1. The van der Waals surface area contributed by atoms with Crippen LogP contribution in [0.2, 0.25) is 0 Å². The molecule has 5 heteroatoms. The van der Waals surface area contributed by atoms with E-state index in [9.17, 15) is 13.2 Å². The van der Waals surface area contributed by atoms with Gasteiger partial charge in [0.2, 0.25) is 16.4 Å². The Morgan fingerprint density at radius 2 is 2.10 bits per heavy atom. The minimum absolute atomic E-state index is 0.103. The van der Waals surface area contributed by atoms with Gasteiger partial charge in [0.05, 0.1) is 5.75 Å². The molecule has 0 unspecified atom stereocenters. The highest BCUT2D eigenvalue weighted by Gasteiger charge is 2.27. The first kappa shape index (κ1) is 7.53. The molecule has 0 radical (unpaired) electrons. The summed E-state index contributed by atoms with van der Waals surface area (Å²) in [6.07, 6.45) is 2.15. The Hall–Kier alpha value is -0.580. The van der Waals surface area contributed by atoms with Crippen LogP contribution in [-0.4, -0.2) is 20.6 Å². The summed E-state index contributed by atoms with van der Waals surface area (Å²) in [5.74, 6) is 0.392. The second kappa shape index (κ2) is 2.57. The molecule has 0 spiro atoms. The standard InChI is InChI=1S/C5H9NO3S/c7-4-6-10(8,9)3-5-1-2-5/h4-5H,1-3H2,(H,6,7). The number of rotatable bonds is 4. The zero-order valence-corrected chi connectivity index (χ0v) is 6.23. The van der Waals surface area contributed by atoms with Gasteiger partial charge in [0.15, 0.2) is 0 Å². The molecule has 0 saturated heterocycles. The summed E-state index contributed by atoms with van der Waals surface area (Å²) < 4.78 is 23.3. The van der Waals surface area contributed by atoms with Crippen LogP contribution in [0.1, 0.15) is 12.8 Å². The largest absolute Gasteiger partial charge is 0.278 e. The highest BCUT2D eigenvalue weighted by molar-refractivity contribution is 7.89. The van der Waals surface area contributed by atoms with E-state index in [2.05, 4.69) is 0 Å². The van der Waals surface area contributed by atoms with E-state index in [1.807, 2.05) is 0 Å². The van der Waals surface area contributed by atoms with Gasteiger partial charge >= 0.3 is 0 Å². The third-order valence-electron chi connectivity index (χ3n) is 1.38. The zero-order valence-electron chi connectivity index (χ0n) is 5.41. The van der Waals surface area contributed by atoms with Gasteiger partial charge in [-0.05, 0) is 18.8 Å². The maximum Gasteiger partial charge on any atom is 0.234 e. The van der Waals surface area contributed by atoms with Crippen LogP contribution in [0, 0.1) is 5.92 Å². The summed E-state index contributed by atoms with van der Waals surface area (Å²) >= 11 is 0. The van der Waals surface area contributed by atoms with Crippen LogP contribution in [0.25, 0.3) is 0 Å². The van der Waals surface area contributed by atoms with Gasteiger partial charge in [0.25, 0.3) is 0 Å². The number of carbonyl (C=O) groups excluding carboxylic acids is 1. The average Bonchev–Trinajstić information content (AvgIpc) is 2.48. The topological polar surface area (TPSA) is 63.2 Å². The normalized spacial score (nSPS) is 18.4. The van der Waals surface area contributed by atoms with E-state index in [4.69, 9.17) is 0 Å². The van der Waals surface area contributed by atoms with Crippen molar-refractivity contribution in [2.45, 2.75) is 12.8 Å². The average molecular weight is 163 g/mol. The molecule has 58 valence electrons. The fraction of sp³-hybridized carbons (Fsp3) is 0.800. The van der Waals surface area contributed by atoms with Gasteiger partial charge in [-0.1, -0.05) is 0 Å². The van der Waals surface area contributed by atoms with Gasteiger partial charge in [-0.2, -0.15) is 0 Å². The van der Waals surface area contributed by atoms with Crippen molar-refractivity contribution in [1.29, 1.82) is 0 Å². The molecule has 0 aromatic heterocycles. The molecule has 0 atom stereocenters. The molecule has 1 rings (SSSR count). The molecule has 1 fully saturated rings. The van der Waals surface area contributed by atoms with Gasteiger partial charge < -0.3 is 0 Å². The van der Waals surface area contributed by atoms with Gasteiger partial charge in [-0.3, -0.25) is 9.52 Å². The molecule has 4 nitrogen and oxygen atoms in total. The predicted molar refractivity (Wildman–Crippen MR) is 35.7 cm³/mol. The molecule has 1 aliphatic rings. The van der Waals surface area contributed by atoms with E-state index in [0.717, 1.165) is 12.8 Å². The van der Waals surface area contributed by atoms with Gasteiger partial charge in [-0.15, -0.1) is 0 Å². The first-order chi connectivity index (χ1) is 4.64. The third-order valence-corrected chi connectivity index (χ3v) is 2.75. The molecule has 0 aromatic carbocycles. The molecule has 10 heavy (non-hydrogen) atoms. The molecule has 1 N–H and O–H groups in total. The zero-order chi connectivity index (χ0) is 7.61. The highest BCUT2D eigenvalue weighted by Crippen LogP contribution is 2.29. The Balaban J connectivity index is 2.41. The Kier molecular flexibility index (Phi) is 1.94. The van der Waals surface area contributed by atoms with Crippen molar-refractivity contribution in [3.63, 3.8) is 0 Å². The molecular formula is C5H9NO3S. The van der Waals surface area contributed by atoms with Crippen molar-refractivity contribution in [3.8, 4) is 0 Å². The molecule has 1 aliphatic carbocycles. The number of hydrogen-bond acceptors (Lipinski definition) is 3. The summed E-state index contributed by atoms with van der Waals surface area (Å²) in [6, 6.07) is 0. The maximum absolute atomic E-state index is 10.7. The van der Waals surface area contributed by atoms with Crippen molar-refractivity contribution in [2.24, 2.45) is 5.92 Å². The van der Waals surface area contributed by atoms with E-state index in [0.29, 0.717) is 0 Å². The lowest BCUT2D eigenvalue weighted by Gasteiger charge is -1.97. The molecular weight excluding hydrogens is 154 g/mol. The van der Waals surface area contributed by atoms with E-state index >= 15 is 0 Å². The molecule has 0 bridgehead atoms. The third kappa shape index (κ3) is 2.34. The van der Waals surface area contributed by atoms with E-state index in [-0.39, 0.29) is 18.1 Å². The first-order valence-corrected chi connectivity index (χ1v) is 4.73. The van der Waals surface area contributed by atoms with Crippen molar-refractivity contribution in [1.82, 2.24) is 4.72 Å². The molecule has 0 heterocycles. The minimum Gasteiger partial charge on any atom is -0.278 e. The van der Waals surface area contributed by atoms with Crippen LogP contribution < -0.4 is 4.72 Å². The Labute approximate surface area is 59.7 Å². The van der Waals surface area contributed by atoms with Gasteiger partial charge in [0.1, 0.15) is 0 Å². The summed E-state index contributed by atoms with van der Waals surface area (Å²) in [5.41, 5.74) is 0. The minimum atomic E-state index is -3.29. The monoisotopic (exact) mass is 163 g/mol. The summed E-state index contributed by atoms with van der Waals surface area (Å²) in [4.78, 5) is 9.73. The van der Waals surface area contributed by atoms with Crippen molar-refractivity contribution < 1.29 is 13.2 Å². The molecule has 0 aliphatic heterocycles. The van der Waals surface area contributed by atoms with E-state index in [1.165, 1.54) is 0 Å². The molecule has 1 amide bonds. The lowest BCUT2D eigenvalue weighted by atomic mass is 10.5. The van der Waals surface area contributed by atoms with Crippen LogP contribution in [0.5, 0.6) is 0 Å². The van der Waals surface area contributed by atoms with Crippen LogP contribution in [0.15, 0.2) is 0 Å².